The molecule has 0 atom stereocenters. The Balaban J connectivity index is 3.64. The zero-order valence-electron chi connectivity index (χ0n) is 9.98. The van der Waals surface area contributed by atoms with Crippen molar-refractivity contribution in [2.24, 2.45) is 0 Å². The van der Waals surface area contributed by atoms with E-state index in [0.717, 1.165) is 0 Å². The van der Waals surface area contributed by atoms with Crippen LogP contribution in [0.5, 0.6) is 5.75 Å². The van der Waals surface area contributed by atoms with E-state index in [2.05, 4.69) is 14.5 Å². The summed E-state index contributed by atoms with van der Waals surface area (Å²) in [5.74, 6) is -3.14. The fourth-order valence-electron chi connectivity index (χ4n) is 1.35. The summed E-state index contributed by atoms with van der Waals surface area (Å²) in [7, 11) is 0.707. The Morgan fingerprint density at radius 1 is 1.43 bits per heavy atom. The first-order valence-electron chi connectivity index (χ1n) is 4.88. The summed E-state index contributed by atoms with van der Waals surface area (Å²) < 4.78 is 69.1. The van der Waals surface area contributed by atoms with Crippen molar-refractivity contribution in [3.8, 4) is 5.75 Å². The number of pyridine rings is 1. The van der Waals surface area contributed by atoms with E-state index in [1.807, 2.05) is 0 Å². The number of aromatic nitrogens is 1. The maximum absolute atomic E-state index is 12.7. The lowest BCUT2D eigenvalue weighted by molar-refractivity contribution is -0.389. The highest BCUT2D eigenvalue weighted by atomic mass is 19.4. The van der Waals surface area contributed by atoms with Gasteiger partial charge in [-0.05, 0) is 0 Å². The van der Waals surface area contributed by atoms with E-state index in [-0.39, 0.29) is 6.20 Å². The quantitative estimate of drug-likeness (QED) is 0.367. The molecule has 0 saturated carbocycles. The molecule has 12 heteroatoms. The van der Waals surface area contributed by atoms with Crippen LogP contribution in [0.25, 0.3) is 0 Å². The van der Waals surface area contributed by atoms with Gasteiger partial charge in [-0.15, -0.1) is 13.2 Å². The molecule has 0 aliphatic carbocycles. The number of ether oxygens (including phenoxy) is 2. The number of carbonyl (C=O) groups excluding carboxylic acids is 1. The third-order valence-corrected chi connectivity index (χ3v) is 2.05. The number of hydrogen-bond acceptors (Lipinski definition) is 6. The van der Waals surface area contributed by atoms with Crippen LogP contribution in [0.2, 0.25) is 0 Å². The van der Waals surface area contributed by atoms with Crippen molar-refractivity contribution in [2.75, 3.05) is 7.11 Å². The monoisotopic (exact) mass is 316 g/mol. The first-order chi connectivity index (χ1) is 9.58. The van der Waals surface area contributed by atoms with Gasteiger partial charge in [-0.3, -0.25) is 10.1 Å². The van der Waals surface area contributed by atoms with Crippen LogP contribution in [0.3, 0.4) is 0 Å². The highest BCUT2D eigenvalue weighted by molar-refractivity contribution is 5.96. The van der Waals surface area contributed by atoms with E-state index in [9.17, 15) is 36.9 Å². The lowest BCUT2D eigenvalue weighted by Crippen LogP contribution is -2.20. The number of rotatable bonds is 4. The Hall–Kier alpha value is -2.53. The summed E-state index contributed by atoms with van der Waals surface area (Å²) in [5.41, 5.74) is -4.40. The smallest absolute Gasteiger partial charge is 0.465 e. The number of nitro groups is 1. The van der Waals surface area contributed by atoms with Gasteiger partial charge in [0.25, 0.3) is 6.43 Å². The van der Waals surface area contributed by atoms with E-state index in [0.29, 0.717) is 7.11 Å². The molecule has 7 nitrogen and oxygen atoms in total. The highest BCUT2D eigenvalue weighted by Crippen LogP contribution is 2.38. The molecule has 0 saturated heterocycles. The number of carbonyl (C=O) groups is 1. The molecule has 0 spiro atoms. The standard InChI is InChI=1S/C9H5F5N2O5/c1-20-8(17)4-5(7(10)11)15-2-3(6(4)16(18)19)21-9(12,13)14/h2,7H,1H3. The molecule has 1 rings (SSSR count). The number of esters is 1. The van der Waals surface area contributed by atoms with E-state index >= 15 is 0 Å². The summed E-state index contributed by atoms with van der Waals surface area (Å²) in [6.45, 7) is 0. The maximum Gasteiger partial charge on any atom is 0.573 e. The van der Waals surface area contributed by atoms with Gasteiger partial charge in [-0.25, -0.2) is 18.6 Å². The molecule has 21 heavy (non-hydrogen) atoms. The molecule has 1 aromatic rings. The van der Waals surface area contributed by atoms with Gasteiger partial charge < -0.3 is 9.47 Å². The second-order valence-corrected chi connectivity index (χ2v) is 3.33. The van der Waals surface area contributed by atoms with Crippen molar-refractivity contribution in [1.29, 1.82) is 0 Å². The van der Waals surface area contributed by atoms with E-state index in [4.69, 9.17) is 0 Å². The Labute approximate surface area is 112 Å². The molecule has 1 heterocycles. The normalized spacial score (nSPS) is 11.4. The second-order valence-electron chi connectivity index (χ2n) is 3.33. The molecular formula is C9H5F5N2O5. The van der Waals surface area contributed by atoms with Crippen molar-refractivity contribution in [3.05, 3.63) is 27.6 Å². The predicted octanol–water partition coefficient (Wildman–Crippen LogP) is 2.61. The SMILES string of the molecule is COC(=O)c1c(C(F)F)ncc(OC(F)(F)F)c1[N+](=O)[O-]. The maximum atomic E-state index is 12.7. The van der Waals surface area contributed by atoms with Crippen LogP contribution < -0.4 is 4.74 Å². The Bertz CT molecular complexity index is 574. The molecule has 0 amide bonds. The van der Waals surface area contributed by atoms with Crippen LogP contribution in [-0.2, 0) is 4.74 Å². The first-order valence-corrected chi connectivity index (χ1v) is 4.88. The highest BCUT2D eigenvalue weighted by Gasteiger charge is 2.40. The molecule has 0 aliphatic rings. The van der Waals surface area contributed by atoms with Crippen molar-refractivity contribution in [1.82, 2.24) is 4.98 Å². The van der Waals surface area contributed by atoms with Gasteiger partial charge in [0.05, 0.1) is 18.2 Å². The van der Waals surface area contributed by atoms with Gasteiger partial charge in [0.15, 0.2) is 5.56 Å². The first kappa shape index (κ1) is 16.5. The van der Waals surface area contributed by atoms with E-state index < -0.39 is 46.4 Å². The van der Waals surface area contributed by atoms with Gasteiger partial charge >= 0.3 is 18.0 Å². The minimum Gasteiger partial charge on any atom is -0.465 e. The van der Waals surface area contributed by atoms with Gasteiger partial charge in [-0.1, -0.05) is 0 Å². The van der Waals surface area contributed by atoms with Gasteiger partial charge in [-0.2, -0.15) is 0 Å². The summed E-state index contributed by atoms with van der Waals surface area (Å²) >= 11 is 0. The number of halogens is 5. The number of methoxy groups -OCH3 is 1. The van der Waals surface area contributed by atoms with Crippen LogP contribution in [0.1, 0.15) is 22.5 Å². The summed E-state index contributed by atoms with van der Waals surface area (Å²) in [6.07, 6.45) is -8.70. The van der Waals surface area contributed by atoms with Crippen LogP contribution in [0.4, 0.5) is 27.6 Å². The van der Waals surface area contributed by atoms with Crippen molar-refractivity contribution < 1.29 is 41.1 Å². The minimum absolute atomic E-state index is 0.0829. The molecule has 116 valence electrons. The van der Waals surface area contributed by atoms with Crippen molar-refractivity contribution >= 4 is 11.7 Å². The van der Waals surface area contributed by atoms with Gasteiger partial charge in [0.2, 0.25) is 5.75 Å². The van der Waals surface area contributed by atoms with Crippen LogP contribution in [0.15, 0.2) is 6.20 Å². The third kappa shape index (κ3) is 3.73. The van der Waals surface area contributed by atoms with E-state index in [1.54, 1.807) is 0 Å². The molecule has 0 unspecified atom stereocenters. The zero-order valence-corrected chi connectivity index (χ0v) is 9.98. The van der Waals surface area contributed by atoms with Gasteiger partial charge in [0.1, 0.15) is 5.69 Å². The molecule has 0 aromatic carbocycles. The van der Waals surface area contributed by atoms with Crippen LogP contribution in [-0.4, -0.2) is 29.3 Å². The average molecular weight is 316 g/mol. The topological polar surface area (TPSA) is 91.6 Å². The molecular weight excluding hydrogens is 311 g/mol. The Morgan fingerprint density at radius 3 is 2.38 bits per heavy atom. The fraction of sp³-hybridized carbons (Fsp3) is 0.333. The van der Waals surface area contributed by atoms with Crippen molar-refractivity contribution in [3.63, 3.8) is 0 Å². The summed E-state index contributed by atoms with van der Waals surface area (Å²) in [4.78, 5) is 23.6. The van der Waals surface area contributed by atoms with Gasteiger partial charge in [0, 0.05) is 0 Å². The average Bonchev–Trinajstić information content (AvgIpc) is 2.34. The Morgan fingerprint density at radius 2 is 2.00 bits per heavy atom. The summed E-state index contributed by atoms with van der Waals surface area (Å²) in [5, 5.41) is 10.8. The largest absolute Gasteiger partial charge is 0.573 e. The number of hydrogen-bond donors (Lipinski definition) is 0. The van der Waals surface area contributed by atoms with E-state index in [1.165, 1.54) is 0 Å². The molecule has 0 radical (unpaired) electrons. The molecule has 0 bridgehead atoms. The van der Waals surface area contributed by atoms with Crippen molar-refractivity contribution in [2.45, 2.75) is 12.8 Å². The van der Waals surface area contributed by atoms with Crippen LogP contribution in [0, 0.1) is 10.1 Å². The minimum atomic E-state index is -5.34. The molecule has 0 fully saturated rings. The Kier molecular flexibility index (Phi) is 4.60. The molecule has 1 aromatic heterocycles. The number of nitrogens with zero attached hydrogens (tertiary/aromatic N) is 2. The predicted molar refractivity (Wildman–Crippen MR) is 53.9 cm³/mol. The zero-order chi connectivity index (χ0) is 16.4. The molecule has 0 N–H and O–H groups in total. The third-order valence-electron chi connectivity index (χ3n) is 2.05. The lowest BCUT2D eigenvalue weighted by atomic mass is 10.1. The fourth-order valence-corrected chi connectivity index (χ4v) is 1.35. The number of alkyl halides is 5. The summed E-state index contributed by atoms with van der Waals surface area (Å²) in [6, 6.07) is 0. The van der Waals surface area contributed by atoms with Crippen LogP contribution >= 0.6 is 0 Å². The lowest BCUT2D eigenvalue weighted by Gasteiger charge is -2.12. The second kappa shape index (κ2) is 5.85. The molecule has 0 aliphatic heterocycles.